The van der Waals surface area contributed by atoms with Crippen molar-refractivity contribution in [2.75, 3.05) is 27.2 Å². The van der Waals surface area contributed by atoms with E-state index in [2.05, 4.69) is 74.5 Å². The lowest BCUT2D eigenvalue weighted by Gasteiger charge is -2.16. The van der Waals surface area contributed by atoms with Crippen LogP contribution < -0.4 is 0 Å². The molecule has 0 aliphatic rings. The first kappa shape index (κ1) is 47.2. The average Bonchev–Trinajstić information content (AvgIpc) is 3.08. The van der Waals surface area contributed by atoms with Crippen molar-refractivity contribution >= 4 is 6.16 Å². The Morgan fingerprint density at radius 3 is 1.22 bits per heavy atom. The number of carbonyl (C=O) groups is 1. The second kappa shape index (κ2) is 40.6. The fourth-order valence-corrected chi connectivity index (χ4v) is 6.40. The van der Waals surface area contributed by atoms with Crippen molar-refractivity contribution in [3.63, 3.8) is 0 Å². The first-order valence-electron chi connectivity index (χ1n) is 21.2. The van der Waals surface area contributed by atoms with Gasteiger partial charge in [-0.15, -0.1) is 0 Å². The summed E-state index contributed by atoms with van der Waals surface area (Å²) in [5.74, 6) is 0.383. The molecule has 0 saturated carbocycles. The van der Waals surface area contributed by atoms with Gasteiger partial charge in [-0.25, -0.2) is 4.79 Å². The molecule has 0 rings (SSSR count). The van der Waals surface area contributed by atoms with E-state index in [0.717, 1.165) is 25.7 Å². The highest BCUT2D eigenvalue weighted by Gasteiger charge is 2.11. The highest BCUT2D eigenvalue weighted by molar-refractivity contribution is 5.56. The minimum absolute atomic E-state index is 0.370. The summed E-state index contributed by atoms with van der Waals surface area (Å²) in [5, 5.41) is 8.99. The minimum Gasteiger partial charge on any atom is -0.450 e. The zero-order chi connectivity index (χ0) is 35.7. The zero-order valence-corrected chi connectivity index (χ0v) is 33.0. The average molecular weight is 686 g/mol. The molecular weight excluding hydrogens is 602 g/mol. The summed E-state index contributed by atoms with van der Waals surface area (Å²) in [7, 11) is 4.32. The standard InChI is InChI=1S/C45H83NO3/c1-4-5-6-7-8-9-10-11-12-19-22-25-28-31-34-37-40-44(43-49-45(47)48)41-38-35-32-29-26-23-20-17-15-13-14-16-18-21-24-27-30-33-36-39-42-46(2)3/h8-9,11-12,14-17,44H,4-7,10,13,18-43H2,1-3H3,(H,47,48). The van der Waals surface area contributed by atoms with Gasteiger partial charge in [-0.1, -0.05) is 165 Å². The van der Waals surface area contributed by atoms with Crippen LogP contribution in [0.5, 0.6) is 0 Å². The first-order valence-corrected chi connectivity index (χ1v) is 21.2. The largest absolute Gasteiger partial charge is 0.505 e. The number of allylic oxidation sites excluding steroid dienone is 8. The Hall–Kier alpha value is -1.81. The number of ether oxygens (including phenoxy) is 1. The van der Waals surface area contributed by atoms with Gasteiger partial charge in [0.05, 0.1) is 6.61 Å². The van der Waals surface area contributed by atoms with Gasteiger partial charge in [-0.2, -0.15) is 0 Å². The Kier molecular flexibility index (Phi) is 39.1. The van der Waals surface area contributed by atoms with Crippen LogP contribution in [0.15, 0.2) is 48.6 Å². The molecule has 0 spiro atoms. The number of unbranched alkanes of at least 4 members (excludes halogenated alkanes) is 22. The molecule has 1 N–H and O–H groups in total. The van der Waals surface area contributed by atoms with Crippen LogP contribution in [-0.2, 0) is 4.74 Å². The number of hydrogen-bond acceptors (Lipinski definition) is 3. The Balaban J connectivity index is 3.65. The van der Waals surface area contributed by atoms with E-state index in [-0.39, 0.29) is 0 Å². The Morgan fingerprint density at radius 2 is 0.857 bits per heavy atom. The molecule has 0 aromatic carbocycles. The number of hydrogen-bond donors (Lipinski definition) is 1. The van der Waals surface area contributed by atoms with Gasteiger partial charge in [0.2, 0.25) is 0 Å². The van der Waals surface area contributed by atoms with Crippen LogP contribution in [0, 0.1) is 5.92 Å². The zero-order valence-electron chi connectivity index (χ0n) is 33.0. The lowest BCUT2D eigenvalue weighted by atomic mass is 9.94. The van der Waals surface area contributed by atoms with Gasteiger partial charge in [-0.05, 0) is 110 Å². The van der Waals surface area contributed by atoms with Crippen LogP contribution in [0.25, 0.3) is 0 Å². The molecule has 4 heteroatoms. The van der Waals surface area contributed by atoms with Crippen LogP contribution in [0.3, 0.4) is 0 Å². The van der Waals surface area contributed by atoms with E-state index in [1.165, 1.54) is 173 Å². The van der Waals surface area contributed by atoms with Crippen LogP contribution in [0.4, 0.5) is 4.79 Å². The van der Waals surface area contributed by atoms with Gasteiger partial charge in [-0.3, -0.25) is 0 Å². The summed E-state index contributed by atoms with van der Waals surface area (Å²) in [6, 6.07) is 0. The van der Waals surface area contributed by atoms with Crippen molar-refractivity contribution in [2.24, 2.45) is 5.92 Å². The minimum atomic E-state index is -1.13. The molecule has 1 atom stereocenters. The second-order valence-electron chi connectivity index (χ2n) is 14.8. The van der Waals surface area contributed by atoms with E-state index in [1.54, 1.807) is 0 Å². The van der Waals surface area contributed by atoms with E-state index in [4.69, 9.17) is 9.84 Å². The SMILES string of the molecule is CCCCCC=CCC=CCCCCCCCCC(CCCCCCCCC=CCC=CCCCCCCCCCN(C)C)COC(=O)O. The van der Waals surface area contributed by atoms with Crippen molar-refractivity contribution in [3.05, 3.63) is 48.6 Å². The third-order valence-corrected chi connectivity index (χ3v) is 9.57. The molecule has 0 saturated heterocycles. The van der Waals surface area contributed by atoms with E-state index >= 15 is 0 Å². The van der Waals surface area contributed by atoms with E-state index in [0.29, 0.717) is 12.5 Å². The molecule has 286 valence electrons. The molecular formula is C45H83NO3. The van der Waals surface area contributed by atoms with Crippen molar-refractivity contribution in [1.29, 1.82) is 0 Å². The van der Waals surface area contributed by atoms with Gasteiger partial charge < -0.3 is 14.7 Å². The molecule has 0 radical (unpaired) electrons. The van der Waals surface area contributed by atoms with Gasteiger partial charge in [0.1, 0.15) is 0 Å². The van der Waals surface area contributed by atoms with Crippen LogP contribution in [-0.4, -0.2) is 43.4 Å². The first-order chi connectivity index (χ1) is 24.1. The molecule has 0 aromatic heterocycles. The second-order valence-corrected chi connectivity index (χ2v) is 14.8. The van der Waals surface area contributed by atoms with Crippen molar-refractivity contribution < 1.29 is 14.6 Å². The molecule has 0 heterocycles. The summed E-state index contributed by atoms with van der Waals surface area (Å²) < 4.78 is 4.98. The Labute approximate surface area is 306 Å². The lowest BCUT2D eigenvalue weighted by molar-refractivity contribution is 0.0730. The smallest absolute Gasteiger partial charge is 0.450 e. The number of rotatable bonds is 38. The van der Waals surface area contributed by atoms with Gasteiger partial charge in [0, 0.05) is 0 Å². The van der Waals surface area contributed by atoms with Crippen molar-refractivity contribution in [3.8, 4) is 0 Å². The lowest BCUT2D eigenvalue weighted by Crippen LogP contribution is -2.13. The summed E-state index contributed by atoms with van der Waals surface area (Å²) in [5.41, 5.74) is 0. The highest BCUT2D eigenvalue weighted by Crippen LogP contribution is 2.20. The summed E-state index contributed by atoms with van der Waals surface area (Å²) in [6.07, 6.45) is 55.7. The van der Waals surface area contributed by atoms with Gasteiger partial charge in [0.15, 0.2) is 0 Å². The Bertz CT molecular complexity index is 784. The topological polar surface area (TPSA) is 49.8 Å². The van der Waals surface area contributed by atoms with E-state index < -0.39 is 6.16 Å². The fraction of sp³-hybridized carbons (Fsp3) is 0.800. The van der Waals surface area contributed by atoms with E-state index in [1.807, 2.05) is 0 Å². The highest BCUT2D eigenvalue weighted by atomic mass is 16.7. The molecule has 0 aliphatic carbocycles. The van der Waals surface area contributed by atoms with Crippen LogP contribution >= 0.6 is 0 Å². The molecule has 0 aromatic rings. The molecule has 0 bridgehead atoms. The van der Waals surface area contributed by atoms with Crippen molar-refractivity contribution in [1.82, 2.24) is 4.90 Å². The quantitative estimate of drug-likeness (QED) is 0.0399. The number of carboxylic acid groups (broad SMARTS) is 1. The summed E-state index contributed by atoms with van der Waals surface area (Å²) in [4.78, 5) is 13.2. The maximum Gasteiger partial charge on any atom is 0.505 e. The predicted octanol–water partition coefficient (Wildman–Crippen LogP) is 14.8. The van der Waals surface area contributed by atoms with Gasteiger partial charge >= 0.3 is 6.16 Å². The summed E-state index contributed by atoms with van der Waals surface area (Å²) >= 11 is 0. The third-order valence-electron chi connectivity index (χ3n) is 9.57. The van der Waals surface area contributed by atoms with Gasteiger partial charge in [0.25, 0.3) is 0 Å². The normalized spacial score (nSPS) is 12.9. The monoisotopic (exact) mass is 686 g/mol. The number of nitrogens with zero attached hydrogens (tertiary/aromatic N) is 1. The molecule has 0 amide bonds. The Morgan fingerprint density at radius 1 is 0.510 bits per heavy atom. The predicted molar refractivity (Wildman–Crippen MR) is 217 cm³/mol. The van der Waals surface area contributed by atoms with Crippen molar-refractivity contribution in [2.45, 2.75) is 200 Å². The molecule has 0 aliphatic heterocycles. The van der Waals surface area contributed by atoms with Crippen LogP contribution in [0.2, 0.25) is 0 Å². The maximum absolute atomic E-state index is 11.0. The maximum atomic E-state index is 11.0. The molecule has 49 heavy (non-hydrogen) atoms. The molecule has 0 fully saturated rings. The summed E-state index contributed by atoms with van der Waals surface area (Å²) in [6.45, 7) is 3.86. The van der Waals surface area contributed by atoms with Crippen LogP contribution in [0.1, 0.15) is 200 Å². The third kappa shape index (κ3) is 42.3. The fourth-order valence-electron chi connectivity index (χ4n) is 6.40. The molecule has 1 unspecified atom stereocenters. The molecule has 4 nitrogen and oxygen atoms in total. The van der Waals surface area contributed by atoms with E-state index in [9.17, 15) is 4.79 Å².